The fourth-order valence-electron chi connectivity index (χ4n) is 5.62. The van der Waals surface area contributed by atoms with Crippen LogP contribution >= 0.6 is 0 Å². The first-order chi connectivity index (χ1) is 13.3. The van der Waals surface area contributed by atoms with Crippen molar-refractivity contribution < 1.29 is 9.53 Å². The van der Waals surface area contributed by atoms with E-state index in [1.165, 1.54) is 51.5 Å². The van der Waals surface area contributed by atoms with E-state index in [1.54, 1.807) is 0 Å². The highest BCUT2D eigenvalue weighted by molar-refractivity contribution is 5.79. The quantitative estimate of drug-likeness (QED) is 0.519. The van der Waals surface area contributed by atoms with Crippen molar-refractivity contribution in [2.24, 2.45) is 5.92 Å². The number of likely N-dealkylation sites (tertiary alicyclic amines) is 1. The third-order valence-electron chi connectivity index (χ3n) is 7.02. The molecule has 1 saturated heterocycles. The lowest BCUT2D eigenvalue weighted by Gasteiger charge is -2.41. The lowest BCUT2D eigenvalue weighted by atomic mass is 9.80. The molecule has 4 rings (SSSR count). The first kappa shape index (κ1) is 18.7. The Labute approximate surface area is 163 Å². The van der Waals surface area contributed by atoms with Gasteiger partial charge >= 0.3 is 5.97 Å². The summed E-state index contributed by atoms with van der Waals surface area (Å²) >= 11 is 0. The molecule has 1 aliphatic heterocycles. The highest BCUT2D eigenvalue weighted by Crippen LogP contribution is 2.41. The molecular formula is C24H33NO2. The van der Waals surface area contributed by atoms with Crippen molar-refractivity contribution in [1.82, 2.24) is 4.90 Å². The van der Waals surface area contributed by atoms with Crippen LogP contribution in [0.4, 0.5) is 0 Å². The second kappa shape index (κ2) is 8.60. The van der Waals surface area contributed by atoms with Gasteiger partial charge in [0, 0.05) is 12.1 Å². The molecule has 1 aromatic carbocycles. The fraction of sp³-hybridized carbons (Fsp3) is 0.625. The van der Waals surface area contributed by atoms with Crippen LogP contribution in [0.3, 0.4) is 0 Å². The molecule has 0 amide bonds. The summed E-state index contributed by atoms with van der Waals surface area (Å²) in [7, 11) is 0. The van der Waals surface area contributed by atoms with E-state index in [0.717, 1.165) is 24.9 Å². The predicted octanol–water partition coefficient (Wildman–Crippen LogP) is 5.08. The van der Waals surface area contributed by atoms with Crippen LogP contribution in [0.5, 0.6) is 0 Å². The number of nitrogens with zero attached hydrogens (tertiary/aromatic N) is 1. The SMILES string of the molecule is O=C(OCCN1CCCC12CCCCC2)[C@@H](c1ccccc1)[C@@H]1C=CCC1. The number of hydrogen-bond donors (Lipinski definition) is 0. The summed E-state index contributed by atoms with van der Waals surface area (Å²) in [6.07, 6.45) is 15.9. The van der Waals surface area contributed by atoms with Gasteiger partial charge in [-0.15, -0.1) is 0 Å². The van der Waals surface area contributed by atoms with Crippen LogP contribution in [0.25, 0.3) is 0 Å². The normalized spacial score (nSPS) is 25.7. The Morgan fingerprint density at radius 1 is 1.11 bits per heavy atom. The number of allylic oxidation sites excluding steroid dienone is 2. The standard InChI is InChI=1S/C24H33NO2/c26-23(22(21-12-5-6-13-21)20-10-3-1-4-11-20)27-19-18-25-17-9-16-24(25)14-7-2-8-15-24/h1,3-5,10-12,21-22H,2,6-9,13-19H2/t21-,22+/m1/s1. The molecular weight excluding hydrogens is 334 g/mol. The highest BCUT2D eigenvalue weighted by Gasteiger charge is 2.41. The van der Waals surface area contributed by atoms with Crippen LogP contribution in [-0.2, 0) is 9.53 Å². The van der Waals surface area contributed by atoms with Crippen LogP contribution < -0.4 is 0 Å². The summed E-state index contributed by atoms with van der Waals surface area (Å²) in [6.45, 7) is 2.60. The van der Waals surface area contributed by atoms with Gasteiger partial charge in [-0.3, -0.25) is 9.69 Å². The Morgan fingerprint density at radius 3 is 2.63 bits per heavy atom. The van der Waals surface area contributed by atoms with E-state index >= 15 is 0 Å². The Kier molecular flexibility index (Phi) is 5.97. The summed E-state index contributed by atoms with van der Waals surface area (Å²) in [5.74, 6) is 0.0678. The van der Waals surface area contributed by atoms with Crippen LogP contribution in [0.2, 0.25) is 0 Å². The Hall–Kier alpha value is -1.61. The molecule has 2 aliphatic carbocycles. The average Bonchev–Trinajstić information content (AvgIpc) is 3.35. The van der Waals surface area contributed by atoms with Crippen molar-refractivity contribution in [1.29, 1.82) is 0 Å². The van der Waals surface area contributed by atoms with Crippen molar-refractivity contribution in [2.75, 3.05) is 19.7 Å². The van der Waals surface area contributed by atoms with E-state index in [-0.39, 0.29) is 17.8 Å². The predicted molar refractivity (Wildman–Crippen MR) is 109 cm³/mol. The van der Waals surface area contributed by atoms with Gasteiger partial charge in [0.2, 0.25) is 0 Å². The van der Waals surface area contributed by atoms with Gasteiger partial charge in [-0.2, -0.15) is 0 Å². The number of rotatable bonds is 6. The van der Waals surface area contributed by atoms with Crippen LogP contribution in [-0.4, -0.2) is 36.1 Å². The molecule has 146 valence electrons. The highest BCUT2D eigenvalue weighted by atomic mass is 16.5. The maximum absolute atomic E-state index is 13.0. The van der Waals surface area contributed by atoms with Crippen molar-refractivity contribution in [3.8, 4) is 0 Å². The van der Waals surface area contributed by atoms with E-state index < -0.39 is 0 Å². The fourth-order valence-corrected chi connectivity index (χ4v) is 5.62. The maximum atomic E-state index is 13.0. The molecule has 0 aromatic heterocycles. The minimum Gasteiger partial charge on any atom is -0.464 e. The molecule has 1 heterocycles. The first-order valence-electron chi connectivity index (χ1n) is 10.9. The van der Waals surface area contributed by atoms with Crippen molar-refractivity contribution >= 4 is 5.97 Å². The van der Waals surface area contributed by atoms with Crippen LogP contribution in [0.1, 0.15) is 69.3 Å². The summed E-state index contributed by atoms with van der Waals surface area (Å²) in [6, 6.07) is 10.2. The average molecular weight is 368 g/mol. The summed E-state index contributed by atoms with van der Waals surface area (Å²) < 4.78 is 5.85. The molecule has 3 heteroatoms. The van der Waals surface area contributed by atoms with Gasteiger partial charge in [0.05, 0.1) is 5.92 Å². The number of carbonyl (C=O) groups excluding carboxylic acids is 1. The van der Waals surface area contributed by atoms with Crippen molar-refractivity contribution in [3.63, 3.8) is 0 Å². The van der Waals surface area contributed by atoms with Gasteiger partial charge in [-0.05, 0) is 56.6 Å². The van der Waals surface area contributed by atoms with E-state index in [9.17, 15) is 4.79 Å². The molecule has 1 spiro atoms. The second-order valence-corrected chi connectivity index (χ2v) is 8.60. The molecule has 0 N–H and O–H groups in total. The molecule has 0 bridgehead atoms. The molecule has 1 aromatic rings. The van der Waals surface area contributed by atoms with Gasteiger partial charge < -0.3 is 4.74 Å². The number of carbonyl (C=O) groups is 1. The van der Waals surface area contributed by atoms with Gasteiger partial charge in [0.15, 0.2) is 0 Å². The number of ether oxygens (including phenoxy) is 1. The molecule has 2 fully saturated rings. The van der Waals surface area contributed by atoms with E-state index in [1.807, 2.05) is 18.2 Å². The molecule has 3 aliphatic rings. The molecule has 2 atom stereocenters. The lowest BCUT2D eigenvalue weighted by Crippen LogP contribution is -2.46. The van der Waals surface area contributed by atoms with E-state index in [4.69, 9.17) is 4.74 Å². The minimum absolute atomic E-state index is 0.0466. The van der Waals surface area contributed by atoms with Gasteiger partial charge in [0.1, 0.15) is 6.61 Å². The molecule has 3 nitrogen and oxygen atoms in total. The van der Waals surface area contributed by atoms with E-state index in [0.29, 0.717) is 12.1 Å². The summed E-state index contributed by atoms with van der Waals surface area (Å²) in [5, 5.41) is 0. The third kappa shape index (κ3) is 4.13. The zero-order chi connectivity index (χ0) is 18.5. The van der Waals surface area contributed by atoms with Gasteiger partial charge in [-0.25, -0.2) is 0 Å². The monoisotopic (exact) mass is 367 g/mol. The van der Waals surface area contributed by atoms with Crippen LogP contribution in [0, 0.1) is 5.92 Å². The third-order valence-corrected chi connectivity index (χ3v) is 7.02. The molecule has 27 heavy (non-hydrogen) atoms. The number of hydrogen-bond acceptors (Lipinski definition) is 3. The minimum atomic E-state index is -0.160. The second-order valence-electron chi connectivity index (χ2n) is 8.60. The maximum Gasteiger partial charge on any atom is 0.314 e. The van der Waals surface area contributed by atoms with Crippen molar-refractivity contribution in [2.45, 2.75) is 69.2 Å². The van der Waals surface area contributed by atoms with Crippen LogP contribution in [0.15, 0.2) is 42.5 Å². The largest absolute Gasteiger partial charge is 0.464 e. The Bertz CT molecular complexity index is 648. The van der Waals surface area contributed by atoms with E-state index in [2.05, 4.69) is 29.2 Å². The number of benzene rings is 1. The molecule has 0 radical (unpaired) electrons. The Balaban J connectivity index is 1.36. The summed E-state index contributed by atoms with van der Waals surface area (Å²) in [4.78, 5) is 15.6. The van der Waals surface area contributed by atoms with Crippen molar-refractivity contribution in [3.05, 3.63) is 48.0 Å². The zero-order valence-corrected chi connectivity index (χ0v) is 16.4. The number of esters is 1. The van der Waals surface area contributed by atoms with Gasteiger partial charge in [0.25, 0.3) is 0 Å². The molecule has 1 saturated carbocycles. The first-order valence-corrected chi connectivity index (χ1v) is 10.9. The van der Waals surface area contributed by atoms with Gasteiger partial charge in [-0.1, -0.05) is 61.7 Å². The summed E-state index contributed by atoms with van der Waals surface area (Å²) in [5.41, 5.74) is 1.50. The smallest absolute Gasteiger partial charge is 0.314 e. The Morgan fingerprint density at radius 2 is 1.89 bits per heavy atom. The lowest BCUT2D eigenvalue weighted by molar-refractivity contribution is -0.147. The molecule has 0 unspecified atom stereocenters. The topological polar surface area (TPSA) is 29.5 Å². The zero-order valence-electron chi connectivity index (χ0n) is 16.4.